The average Bonchev–Trinajstić information content (AvgIpc) is 3.19. The zero-order valence-electron chi connectivity index (χ0n) is 16.2. The smallest absolute Gasteiger partial charge is 0.234 e. The average molecular weight is 435 g/mol. The second-order valence-corrected chi connectivity index (χ2v) is 8.02. The van der Waals surface area contributed by atoms with E-state index in [-0.39, 0.29) is 11.7 Å². The third kappa shape index (κ3) is 4.56. The van der Waals surface area contributed by atoms with Gasteiger partial charge in [0.15, 0.2) is 11.0 Å². The van der Waals surface area contributed by atoms with E-state index in [4.69, 9.17) is 11.6 Å². The number of anilines is 1. The van der Waals surface area contributed by atoms with E-state index >= 15 is 0 Å². The third-order valence-corrected chi connectivity index (χ3v) is 5.64. The first-order chi connectivity index (χ1) is 14.6. The maximum absolute atomic E-state index is 12.5. The van der Waals surface area contributed by atoms with Crippen molar-refractivity contribution in [3.8, 4) is 17.1 Å². The van der Waals surface area contributed by atoms with Crippen molar-refractivity contribution in [1.29, 1.82) is 0 Å². The van der Waals surface area contributed by atoms with Gasteiger partial charge in [-0.1, -0.05) is 71.9 Å². The molecule has 0 aliphatic carbocycles. The van der Waals surface area contributed by atoms with Gasteiger partial charge in [-0.3, -0.25) is 9.36 Å². The molecule has 0 bridgehead atoms. The van der Waals surface area contributed by atoms with Crippen molar-refractivity contribution in [3.05, 3.63) is 89.4 Å². The molecule has 1 aromatic heterocycles. The number of benzene rings is 3. The predicted molar refractivity (Wildman–Crippen MR) is 122 cm³/mol. The zero-order chi connectivity index (χ0) is 20.9. The Morgan fingerprint density at radius 2 is 1.70 bits per heavy atom. The van der Waals surface area contributed by atoms with Gasteiger partial charge in [-0.15, -0.1) is 10.2 Å². The van der Waals surface area contributed by atoms with Crippen molar-refractivity contribution in [2.45, 2.75) is 12.1 Å². The van der Waals surface area contributed by atoms with E-state index in [1.165, 1.54) is 11.8 Å². The molecule has 0 radical (unpaired) electrons. The Balaban J connectivity index is 1.57. The fourth-order valence-corrected chi connectivity index (χ4v) is 4.01. The van der Waals surface area contributed by atoms with E-state index < -0.39 is 0 Å². The van der Waals surface area contributed by atoms with Crippen molar-refractivity contribution in [2.24, 2.45) is 0 Å². The molecule has 0 saturated carbocycles. The van der Waals surface area contributed by atoms with Crippen molar-refractivity contribution in [1.82, 2.24) is 14.8 Å². The topological polar surface area (TPSA) is 59.8 Å². The highest BCUT2D eigenvalue weighted by molar-refractivity contribution is 7.99. The number of hydrogen-bond acceptors (Lipinski definition) is 4. The summed E-state index contributed by atoms with van der Waals surface area (Å²) in [5.41, 5.74) is 3.57. The summed E-state index contributed by atoms with van der Waals surface area (Å²) in [4.78, 5) is 12.5. The van der Waals surface area contributed by atoms with Gasteiger partial charge in [-0.2, -0.15) is 0 Å². The normalized spacial score (nSPS) is 10.7. The van der Waals surface area contributed by atoms with Gasteiger partial charge in [0.25, 0.3) is 0 Å². The lowest BCUT2D eigenvalue weighted by Gasteiger charge is -2.11. The minimum absolute atomic E-state index is 0.116. The minimum Gasteiger partial charge on any atom is -0.325 e. The largest absolute Gasteiger partial charge is 0.325 e. The molecular weight excluding hydrogens is 416 g/mol. The Labute approximate surface area is 184 Å². The number of halogens is 1. The number of thioether (sulfide) groups is 1. The van der Waals surface area contributed by atoms with Gasteiger partial charge in [-0.05, 0) is 42.8 Å². The Kier molecular flexibility index (Phi) is 6.16. The SMILES string of the molecule is Cc1cc(Cl)ccc1NC(=O)CSc1nnc(-c2ccccc2)n1-c1ccccc1. The second kappa shape index (κ2) is 9.15. The highest BCUT2D eigenvalue weighted by Crippen LogP contribution is 2.28. The van der Waals surface area contributed by atoms with Crippen LogP contribution >= 0.6 is 23.4 Å². The van der Waals surface area contributed by atoms with Crippen LogP contribution in [0.3, 0.4) is 0 Å². The molecule has 5 nitrogen and oxygen atoms in total. The number of para-hydroxylation sites is 1. The number of nitrogens with one attached hydrogen (secondary N) is 1. The summed E-state index contributed by atoms with van der Waals surface area (Å²) in [5.74, 6) is 0.828. The molecule has 150 valence electrons. The van der Waals surface area contributed by atoms with Crippen LogP contribution in [0.5, 0.6) is 0 Å². The number of rotatable bonds is 6. The molecule has 1 N–H and O–H groups in total. The molecule has 4 rings (SSSR count). The predicted octanol–water partition coefficient (Wildman–Crippen LogP) is 5.63. The van der Waals surface area contributed by atoms with Crippen LogP contribution in [0.15, 0.2) is 84.0 Å². The third-order valence-electron chi connectivity index (χ3n) is 4.47. The highest BCUT2D eigenvalue weighted by atomic mass is 35.5. The molecule has 0 fully saturated rings. The maximum atomic E-state index is 12.5. The molecule has 0 spiro atoms. The van der Waals surface area contributed by atoms with Gasteiger partial charge < -0.3 is 5.32 Å². The summed E-state index contributed by atoms with van der Waals surface area (Å²) >= 11 is 7.33. The number of carbonyl (C=O) groups excluding carboxylic acids is 1. The monoisotopic (exact) mass is 434 g/mol. The quantitative estimate of drug-likeness (QED) is 0.400. The molecule has 4 aromatic rings. The van der Waals surface area contributed by atoms with Crippen LogP contribution < -0.4 is 5.32 Å². The van der Waals surface area contributed by atoms with Gasteiger partial charge in [0, 0.05) is 22.0 Å². The van der Waals surface area contributed by atoms with Crippen LogP contribution in [-0.2, 0) is 4.79 Å². The van der Waals surface area contributed by atoms with Crippen LogP contribution in [-0.4, -0.2) is 26.4 Å². The van der Waals surface area contributed by atoms with Gasteiger partial charge in [-0.25, -0.2) is 0 Å². The summed E-state index contributed by atoms with van der Waals surface area (Å²) in [5, 5.41) is 13.0. The van der Waals surface area contributed by atoms with Crippen LogP contribution in [0.4, 0.5) is 5.69 Å². The molecule has 1 heterocycles. The van der Waals surface area contributed by atoms with E-state index in [0.29, 0.717) is 10.2 Å². The van der Waals surface area contributed by atoms with Crippen LogP contribution in [0, 0.1) is 6.92 Å². The summed E-state index contributed by atoms with van der Waals surface area (Å²) in [6.07, 6.45) is 0. The van der Waals surface area contributed by atoms with Crippen LogP contribution in [0.25, 0.3) is 17.1 Å². The highest BCUT2D eigenvalue weighted by Gasteiger charge is 2.17. The van der Waals surface area contributed by atoms with Crippen molar-refractivity contribution in [3.63, 3.8) is 0 Å². The van der Waals surface area contributed by atoms with Gasteiger partial charge in [0.05, 0.1) is 5.75 Å². The lowest BCUT2D eigenvalue weighted by molar-refractivity contribution is -0.113. The second-order valence-electron chi connectivity index (χ2n) is 6.64. The van der Waals surface area contributed by atoms with E-state index in [1.54, 1.807) is 12.1 Å². The number of amides is 1. The molecule has 7 heteroatoms. The fourth-order valence-electron chi connectivity index (χ4n) is 3.03. The van der Waals surface area contributed by atoms with Gasteiger partial charge in [0.1, 0.15) is 0 Å². The first-order valence-electron chi connectivity index (χ1n) is 9.37. The van der Waals surface area contributed by atoms with Crippen molar-refractivity contribution >= 4 is 35.0 Å². The Morgan fingerprint density at radius 3 is 2.40 bits per heavy atom. The Morgan fingerprint density at radius 1 is 1.00 bits per heavy atom. The first-order valence-corrected chi connectivity index (χ1v) is 10.7. The molecule has 30 heavy (non-hydrogen) atoms. The summed E-state index contributed by atoms with van der Waals surface area (Å²) in [6, 6.07) is 25.2. The van der Waals surface area contributed by atoms with Crippen LogP contribution in [0.1, 0.15) is 5.56 Å². The molecular formula is C23H19ClN4OS. The fraction of sp³-hybridized carbons (Fsp3) is 0.0870. The molecule has 3 aromatic carbocycles. The van der Waals surface area contributed by atoms with E-state index in [9.17, 15) is 4.79 Å². The van der Waals surface area contributed by atoms with Gasteiger partial charge in [0.2, 0.25) is 5.91 Å². The molecule has 0 aliphatic rings. The van der Waals surface area contributed by atoms with Gasteiger partial charge >= 0.3 is 0 Å². The standard InChI is InChI=1S/C23H19ClN4OS/c1-16-14-18(24)12-13-20(16)25-21(29)15-30-23-27-26-22(17-8-4-2-5-9-17)28(23)19-10-6-3-7-11-19/h2-14H,15H2,1H3,(H,25,29). The van der Waals surface area contributed by atoms with Crippen molar-refractivity contribution < 1.29 is 4.79 Å². The summed E-state index contributed by atoms with van der Waals surface area (Å²) in [6.45, 7) is 1.91. The lowest BCUT2D eigenvalue weighted by atomic mass is 10.2. The minimum atomic E-state index is -0.116. The molecule has 0 unspecified atom stereocenters. The van der Waals surface area contributed by atoms with E-state index in [2.05, 4.69) is 15.5 Å². The summed E-state index contributed by atoms with van der Waals surface area (Å²) in [7, 11) is 0. The number of carbonyl (C=O) groups is 1. The van der Waals surface area contributed by atoms with E-state index in [0.717, 1.165) is 28.3 Å². The Bertz CT molecular complexity index is 1160. The maximum Gasteiger partial charge on any atom is 0.234 e. The number of hydrogen-bond donors (Lipinski definition) is 1. The van der Waals surface area contributed by atoms with Crippen LogP contribution in [0.2, 0.25) is 5.02 Å². The molecule has 0 atom stereocenters. The van der Waals surface area contributed by atoms with E-state index in [1.807, 2.05) is 78.2 Å². The molecule has 1 amide bonds. The molecule has 0 saturated heterocycles. The summed E-state index contributed by atoms with van der Waals surface area (Å²) < 4.78 is 1.97. The Hall–Kier alpha value is -3.09. The lowest BCUT2D eigenvalue weighted by Crippen LogP contribution is -2.15. The molecule has 0 aliphatic heterocycles. The zero-order valence-corrected chi connectivity index (χ0v) is 17.8. The number of nitrogens with zero attached hydrogens (tertiary/aromatic N) is 3. The van der Waals surface area contributed by atoms with Crippen molar-refractivity contribution in [2.75, 3.05) is 11.1 Å². The number of aromatic nitrogens is 3. The first kappa shape index (κ1) is 20.2. The number of aryl methyl sites for hydroxylation is 1.